The van der Waals surface area contributed by atoms with Crippen LogP contribution in [0.5, 0.6) is 0 Å². The lowest BCUT2D eigenvalue weighted by molar-refractivity contribution is 0.0600. The van der Waals surface area contributed by atoms with E-state index in [4.69, 9.17) is 5.73 Å². The third-order valence-electron chi connectivity index (χ3n) is 1.75. The highest BCUT2D eigenvalue weighted by atomic mass is 19.1. The number of ether oxygens (including phenoxy) is 1. The zero-order valence-corrected chi connectivity index (χ0v) is 7.43. The normalized spacial score (nSPS) is 9.77. The molecule has 0 heterocycles. The highest BCUT2D eigenvalue weighted by Gasteiger charge is 2.11. The summed E-state index contributed by atoms with van der Waals surface area (Å²) in [4.78, 5) is 11.1. The first-order valence-corrected chi connectivity index (χ1v) is 3.70. The molecule has 2 N–H and O–H groups in total. The Hall–Kier alpha value is -1.58. The number of carbonyl (C=O) groups is 1. The predicted molar refractivity (Wildman–Crippen MR) is 46.9 cm³/mol. The molecule has 0 fully saturated rings. The first-order valence-electron chi connectivity index (χ1n) is 3.70. The molecular weight excluding hydrogens is 173 g/mol. The number of hydrogen-bond donors (Lipinski definition) is 1. The SMILES string of the molecule is COC(=O)c1cc(N)c(F)cc1C. The smallest absolute Gasteiger partial charge is 0.338 e. The van der Waals surface area contributed by atoms with Gasteiger partial charge in [-0.05, 0) is 24.6 Å². The topological polar surface area (TPSA) is 52.3 Å². The van der Waals surface area contributed by atoms with E-state index in [-0.39, 0.29) is 5.69 Å². The van der Waals surface area contributed by atoms with Crippen molar-refractivity contribution in [2.45, 2.75) is 6.92 Å². The maximum Gasteiger partial charge on any atom is 0.338 e. The monoisotopic (exact) mass is 183 g/mol. The Morgan fingerprint density at radius 1 is 1.54 bits per heavy atom. The molecule has 1 rings (SSSR count). The van der Waals surface area contributed by atoms with Crippen LogP contribution in [-0.4, -0.2) is 13.1 Å². The number of hydrogen-bond acceptors (Lipinski definition) is 3. The molecule has 1 aromatic carbocycles. The molecule has 0 bridgehead atoms. The lowest BCUT2D eigenvalue weighted by Gasteiger charge is -2.05. The summed E-state index contributed by atoms with van der Waals surface area (Å²) in [7, 11) is 1.27. The summed E-state index contributed by atoms with van der Waals surface area (Å²) in [6.07, 6.45) is 0. The summed E-state index contributed by atoms with van der Waals surface area (Å²) in [5.74, 6) is -1.03. The largest absolute Gasteiger partial charge is 0.465 e. The fourth-order valence-electron chi connectivity index (χ4n) is 1.02. The number of rotatable bonds is 1. The molecule has 1 aromatic rings. The lowest BCUT2D eigenvalue weighted by atomic mass is 10.1. The molecule has 0 saturated heterocycles. The van der Waals surface area contributed by atoms with E-state index in [9.17, 15) is 9.18 Å². The number of aryl methyl sites for hydroxylation is 1. The average Bonchev–Trinajstić information content (AvgIpc) is 2.10. The number of nitrogen functional groups attached to an aromatic ring is 1. The zero-order valence-electron chi connectivity index (χ0n) is 7.43. The van der Waals surface area contributed by atoms with Gasteiger partial charge in [-0.15, -0.1) is 0 Å². The summed E-state index contributed by atoms with van der Waals surface area (Å²) >= 11 is 0. The molecule has 3 nitrogen and oxygen atoms in total. The molecule has 0 radical (unpaired) electrons. The van der Waals surface area contributed by atoms with Crippen molar-refractivity contribution in [1.82, 2.24) is 0 Å². The van der Waals surface area contributed by atoms with E-state index < -0.39 is 11.8 Å². The summed E-state index contributed by atoms with van der Waals surface area (Å²) in [6.45, 7) is 1.62. The molecule has 70 valence electrons. The third-order valence-corrected chi connectivity index (χ3v) is 1.75. The van der Waals surface area contributed by atoms with Crippen molar-refractivity contribution in [3.05, 3.63) is 29.1 Å². The maximum atomic E-state index is 12.8. The Balaban J connectivity index is 3.23. The van der Waals surface area contributed by atoms with E-state index in [1.54, 1.807) is 6.92 Å². The van der Waals surface area contributed by atoms with Gasteiger partial charge in [0.25, 0.3) is 0 Å². The molecule has 0 atom stereocenters. The van der Waals surface area contributed by atoms with Crippen LogP contribution in [0.4, 0.5) is 10.1 Å². The van der Waals surface area contributed by atoms with Gasteiger partial charge in [-0.1, -0.05) is 0 Å². The van der Waals surface area contributed by atoms with Gasteiger partial charge in [-0.2, -0.15) is 0 Å². The van der Waals surface area contributed by atoms with Crippen LogP contribution in [0, 0.1) is 12.7 Å². The van der Waals surface area contributed by atoms with Crippen molar-refractivity contribution in [2.24, 2.45) is 0 Å². The molecule has 0 aliphatic carbocycles. The van der Waals surface area contributed by atoms with Crippen LogP contribution >= 0.6 is 0 Å². The van der Waals surface area contributed by atoms with Crippen LogP contribution in [0.2, 0.25) is 0 Å². The Bertz CT molecular complexity index is 350. The van der Waals surface area contributed by atoms with Gasteiger partial charge in [-0.3, -0.25) is 0 Å². The Morgan fingerprint density at radius 3 is 2.69 bits per heavy atom. The van der Waals surface area contributed by atoms with E-state index in [2.05, 4.69) is 4.74 Å². The minimum atomic E-state index is -0.523. The molecule has 0 unspecified atom stereocenters. The molecule has 0 saturated carbocycles. The maximum absolute atomic E-state index is 12.8. The number of anilines is 1. The van der Waals surface area contributed by atoms with Gasteiger partial charge in [0, 0.05) is 0 Å². The Kier molecular flexibility index (Phi) is 2.51. The molecule has 0 amide bonds. The number of halogens is 1. The van der Waals surface area contributed by atoms with Crippen molar-refractivity contribution in [2.75, 3.05) is 12.8 Å². The second kappa shape index (κ2) is 3.43. The van der Waals surface area contributed by atoms with Gasteiger partial charge in [0.2, 0.25) is 0 Å². The fraction of sp³-hybridized carbons (Fsp3) is 0.222. The molecular formula is C9H10FNO2. The molecule has 0 spiro atoms. The van der Waals surface area contributed by atoms with Crippen molar-refractivity contribution < 1.29 is 13.9 Å². The average molecular weight is 183 g/mol. The zero-order chi connectivity index (χ0) is 10.0. The van der Waals surface area contributed by atoms with Crippen molar-refractivity contribution in [3.63, 3.8) is 0 Å². The van der Waals surface area contributed by atoms with E-state index >= 15 is 0 Å². The van der Waals surface area contributed by atoms with Gasteiger partial charge in [0.15, 0.2) is 0 Å². The van der Waals surface area contributed by atoms with Crippen molar-refractivity contribution in [3.8, 4) is 0 Å². The first-order chi connectivity index (χ1) is 6.06. The second-order valence-electron chi connectivity index (χ2n) is 2.68. The van der Waals surface area contributed by atoms with Crippen molar-refractivity contribution >= 4 is 11.7 Å². The molecule has 0 aliphatic rings. The number of carbonyl (C=O) groups excluding carboxylic acids is 1. The van der Waals surface area contributed by atoms with E-state index in [1.165, 1.54) is 19.2 Å². The standard InChI is InChI=1S/C9H10FNO2/c1-5-3-7(10)8(11)4-6(5)9(12)13-2/h3-4H,11H2,1-2H3. The van der Waals surface area contributed by atoms with E-state index in [0.29, 0.717) is 11.1 Å². The van der Waals surface area contributed by atoms with Gasteiger partial charge < -0.3 is 10.5 Å². The molecule has 0 aliphatic heterocycles. The van der Waals surface area contributed by atoms with Crippen LogP contribution in [-0.2, 0) is 4.74 Å². The summed E-state index contributed by atoms with van der Waals surface area (Å²) in [6, 6.07) is 2.48. The quantitative estimate of drug-likeness (QED) is 0.530. The number of benzene rings is 1. The predicted octanol–water partition coefficient (Wildman–Crippen LogP) is 1.50. The van der Waals surface area contributed by atoms with Crippen LogP contribution in [0.25, 0.3) is 0 Å². The highest BCUT2D eigenvalue weighted by Crippen LogP contribution is 2.17. The third kappa shape index (κ3) is 1.77. The molecule has 0 aromatic heterocycles. The van der Waals surface area contributed by atoms with Crippen LogP contribution in [0.3, 0.4) is 0 Å². The van der Waals surface area contributed by atoms with E-state index in [0.717, 1.165) is 0 Å². The summed E-state index contributed by atoms with van der Waals surface area (Å²) < 4.78 is 17.3. The van der Waals surface area contributed by atoms with Gasteiger partial charge in [0.1, 0.15) is 5.82 Å². The highest BCUT2D eigenvalue weighted by molar-refractivity contribution is 5.92. The number of esters is 1. The summed E-state index contributed by atoms with van der Waals surface area (Å²) in [5, 5.41) is 0. The second-order valence-corrected chi connectivity index (χ2v) is 2.68. The van der Waals surface area contributed by atoms with Crippen molar-refractivity contribution in [1.29, 1.82) is 0 Å². The van der Waals surface area contributed by atoms with E-state index in [1.807, 2.05) is 0 Å². The molecule has 4 heteroatoms. The minimum Gasteiger partial charge on any atom is -0.465 e. The summed E-state index contributed by atoms with van der Waals surface area (Å²) in [5.41, 5.74) is 6.05. The van der Waals surface area contributed by atoms with Gasteiger partial charge in [0.05, 0.1) is 18.4 Å². The Morgan fingerprint density at radius 2 is 2.15 bits per heavy atom. The van der Waals surface area contributed by atoms with Crippen LogP contribution in [0.1, 0.15) is 15.9 Å². The number of nitrogens with two attached hydrogens (primary N) is 1. The lowest BCUT2D eigenvalue weighted by Crippen LogP contribution is -2.05. The van der Waals surface area contributed by atoms with Crippen LogP contribution < -0.4 is 5.73 Å². The van der Waals surface area contributed by atoms with Crippen LogP contribution in [0.15, 0.2) is 12.1 Å². The van der Waals surface area contributed by atoms with Gasteiger partial charge >= 0.3 is 5.97 Å². The minimum absolute atomic E-state index is 0.0500. The number of methoxy groups -OCH3 is 1. The molecule has 13 heavy (non-hydrogen) atoms. The fourth-order valence-corrected chi connectivity index (χ4v) is 1.02. The first kappa shape index (κ1) is 9.51. The van der Waals surface area contributed by atoms with Gasteiger partial charge in [-0.25, -0.2) is 9.18 Å². The Labute approximate surface area is 75.3 Å².